The fourth-order valence-electron chi connectivity index (χ4n) is 2.86. The second-order valence-electron chi connectivity index (χ2n) is 6.15. The van der Waals surface area contributed by atoms with Gasteiger partial charge in [0.25, 0.3) is 0 Å². The summed E-state index contributed by atoms with van der Waals surface area (Å²) in [6.45, 7) is 5.44. The zero-order valence-corrected chi connectivity index (χ0v) is 16.3. The van der Waals surface area contributed by atoms with E-state index in [4.69, 9.17) is 9.47 Å². The number of benzene rings is 2. The molecule has 0 atom stereocenters. The lowest BCUT2D eigenvalue weighted by Crippen LogP contribution is -2.01. The quantitative estimate of drug-likeness (QED) is 0.324. The summed E-state index contributed by atoms with van der Waals surface area (Å²) in [7, 11) is 1.48. The van der Waals surface area contributed by atoms with Crippen molar-refractivity contribution >= 4 is 16.7 Å². The summed E-state index contributed by atoms with van der Waals surface area (Å²) in [5.41, 5.74) is 1.69. The van der Waals surface area contributed by atoms with Gasteiger partial charge in [0.15, 0.2) is 17.3 Å². The van der Waals surface area contributed by atoms with E-state index in [2.05, 4.69) is 11.6 Å². The lowest BCUT2D eigenvalue weighted by atomic mass is 10.0. The molecule has 0 bridgehead atoms. The highest BCUT2D eigenvalue weighted by Gasteiger charge is 2.13. The van der Waals surface area contributed by atoms with E-state index in [1.807, 2.05) is 6.92 Å². The Balaban J connectivity index is 1.95. The first kappa shape index (κ1) is 19.9. The van der Waals surface area contributed by atoms with Crippen molar-refractivity contribution < 1.29 is 19.4 Å². The van der Waals surface area contributed by atoms with Gasteiger partial charge in [-0.2, -0.15) is 0 Å². The Morgan fingerprint density at radius 3 is 2.72 bits per heavy atom. The first-order valence-electron chi connectivity index (χ1n) is 9.01. The van der Waals surface area contributed by atoms with Crippen molar-refractivity contribution in [2.24, 2.45) is 0 Å². The number of aromatic hydroxyl groups is 1. The fraction of sp³-hybridized carbons (Fsp3) is 0.0833. The Bertz CT molecular complexity index is 1130. The number of methoxy groups -OCH3 is 1. The van der Waals surface area contributed by atoms with Crippen molar-refractivity contribution in [2.45, 2.75) is 6.92 Å². The number of pyridine rings is 1. The molecule has 0 aliphatic rings. The SMILES string of the molecule is C=C/C=C\C(=C/C)C(=O)c1cccc(Oc2ccnc3cc(OC)c(O)cc23)c1. The highest BCUT2D eigenvalue weighted by molar-refractivity contribution is 6.10. The smallest absolute Gasteiger partial charge is 0.192 e. The largest absolute Gasteiger partial charge is 0.504 e. The molecular weight excluding hydrogens is 366 g/mol. The van der Waals surface area contributed by atoms with E-state index >= 15 is 0 Å². The number of Topliss-reactive ketones (excluding diaryl/α,β-unsaturated/α-hetero) is 1. The number of carbonyl (C=O) groups excluding carboxylic acids is 1. The molecule has 0 aliphatic heterocycles. The topological polar surface area (TPSA) is 68.7 Å². The summed E-state index contributed by atoms with van der Waals surface area (Å²) in [5, 5.41) is 10.7. The molecule has 5 heteroatoms. The molecule has 1 N–H and O–H groups in total. The molecule has 5 nitrogen and oxygen atoms in total. The fourth-order valence-corrected chi connectivity index (χ4v) is 2.86. The second kappa shape index (κ2) is 8.89. The van der Waals surface area contributed by atoms with E-state index in [0.717, 1.165) is 0 Å². The predicted molar refractivity (Wildman–Crippen MR) is 114 cm³/mol. The average Bonchev–Trinajstić information content (AvgIpc) is 2.74. The van der Waals surface area contributed by atoms with Gasteiger partial charge in [-0.15, -0.1) is 0 Å². The number of nitrogens with zero attached hydrogens (tertiary/aromatic N) is 1. The molecule has 1 heterocycles. The molecule has 0 unspecified atom stereocenters. The summed E-state index contributed by atoms with van der Waals surface area (Å²) < 4.78 is 11.1. The maximum Gasteiger partial charge on any atom is 0.192 e. The van der Waals surface area contributed by atoms with Crippen LogP contribution in [0.3, 0.4) is 0 Å². The summed E-state index contributed by atoms with van der Waals surface area (Å²) >= 11 is 0. The van der Waals surface area contributed by atoms with Crippen LogP contribution < -0.4 is 9.47 Å². The molecule has 3 rings (SSSR count). The molecule has 0 aliphatic carbocycles. The van der Waals surface area contributed by atoms with Gasteiger partial charge in [0.1, 0.15) is 11.5 Å². The number of hydrogen-bond donors (Lipinski definition) is 1. The third-order valence-electron chi connectivity index (χ3n) is 4.31. The molecule has 0 saturated heterocycles. The highest BCUT2D eigenvalue weighted by Crippen LogP contribution is 2.36. The summed E-state index contributed by atoms with van der Waals surface area (Å²) in [4.78, 5) is 17.0. The predicted octanol–water partition coefficient (Wildman–Crippen LogP) is 5.61. The van der Waals surface area contributed by atoms with Crippen LogP contribution in [0.5, 0.6) is 23.0 Å². The zero-order chi connectivity index (χ0) is 20.8. The van der Waals surface area contributed by atoms with Crippen LogP contribution in [0.4, 0.5) is 0 Å². The van der Waals surface area contributed by atoms with Gasteiger partial charge >= 0.3 is 0 Å². The third-order valence-corrected chi connectivity index (χ3v) is 4.31. The number of carbonyl (C=O) groups is 1. The number of phenols is 1. The van der Waals surface area contributed by atoms with Gasteiger partial charge in [0.05, 0.1) is 12.6 Å². The van der Waals surface area contributed by atoms with Crippen molar-refractivity contribution in [2.75, 3.05) is 7.11 Å². The molecule has 1 aromatic heterocycles. The molecule has 2 aromatic carbocycles. The normalized spacial score (nSPS) is 11.6. The Morgan fingerprint density at radius 1 is 1.17 bits per heavy atom. The average molecular weight is 387 g/mol. The molecule has 0 spiro atoms. The second-order valence-corrected chi connectivity index (χ2v) is 6.15. The van der Waals surface area contributed by atoms with Crippen molar-refractivity contribution in [1.29, 1.82) is 0 Å². The Labute approximate surface area is 169 Å². The molecule has 3 aromatic rings. The van der Waals surface area contributed by atoms with E-state index in [1.54, 1.807) is 73.0 Å². The molecule has 29 heavy (non-hydrogen) atoms. The number of hydrogen-bond acceptors (Lipinski definition) is 5. The number of phenolic OH excluding ortho intramolecular Hbond substituents is 1. The lowest BCUT2D eigenvalue weighted by Gasteiger charge is -2.11. The Kier molecular flexibility index (Phi) is 6.09. The zero-order valence-electron chi connectivity index (χ0n) is 16.3. The van der Waals surface area contributed by atoms with E-state index in [-0.39, 0.29) is 11.5 Å². The van der Waals surface area contributed by atoms with Crippen molar-refractivity contribution in [3.8, 4) is 23.0 Å². The third kappa shape index (κ3) is 4.35. The number of aromatic nitrogens is 1. The van der Waals surface area contributed by atoms with E-state index < -0.39 is 0 Å². The molecule has 0 radical (unpaired) electrons. The van der Waals surface area contributed by atoms with Crippen LogP contribution in [0.25, 0.3) is 10.9 Å². The van der Waals surface area contributed by atoms with Crippen LogP contribution in [0.1, 0.15) is 17.3 Å². The minimum Gasteiger partial charge on any atom is -0.504 e. The van der Waals surface area contributed by atoms with Crippen LogP contribution in [0, 0.1) is 0 Å². The number of ketones is 1. The number of allylic oxidation sites excluding steroid dienone is 5. The van der Waals surface area contributed by atoms with Gasteiger partial charge in [-0.3, -0.25) is 9.78 Å². The molecule has 0 saturated carbocycles. The maximum absolute atomic E-state index is 12.7. The maximum atomic E-state index is 12.7. The lowest BCUT2D eigenvalue weighted by molar-refractivity contribution is 0.103. The minimum absolute atomic E-state index is 0.00601. The Morgan fingerprint density at radius 2 is 2.00 bits per heavy atom. The van der Waals surface area contributed by atoms with Gasteiger partial charge in [0.2, 0.25) is 0 Å². The highest BCUT2D eigenvalue weighted by atomic mass is 16.5. The number of rotatable bonds is 7. The molecule has 146 valence electrons. The minimum atomic E-state index is -0.113. The number of ether oxygens (including phenoxy) is 2. The molecular formula is C24H21NO4. The van der Waals surface area contributed by atoms with Crippen LogP contribution in [0.15, 0.2) is 85.1 Å². The van der Waals surface area contributed by atoms with Crippen LogP contribution in [-0.4, -0.2) is 23.0 Å². The molecule has 0 amide bonds. The monoisotopic (exact) mass is 387 g/mol. The van der Waals surface area contributed by atoms with Gasteiger partial charge < -0.3 is 14.6 Å². The Hall–Kier alpha value is -3.86. The van der Waals surface area contributed by atoms with E-state index in [1.165, 1.54) is 7.11 Å². The van der Waals surface area contributed by atoms with Gasteiger partial charge in [0, 0.05) is 28.8 Å². The standard InChI is InChI=1S/C24H21NO4/c1-4-6-8-16(5-2)24(27)17-9-7-10-18(13-17)29-22-11-12-25-20-15-23(28-3)21(26)14-19(20)22/h4-15,26H,1H2,2-3H3/b8-6-,16-5+. The summed E-state index contributed by atoms with van der Waals surface area (Å²) in [5.74, 6) is 1.23. The van der Waals surface area contributed by atoms with Crippen LogP contribution in [0.2, 0.25) is 0 Å². The van der Waals surface area contributed by atoms with E-state index in [9.17, 15) is 9.90 Å². The molecule has 0 fully saturated rings. The van der Waals surface area contributed by atoms with Gasteiger partial charge in [-0.1, -0.05) is 43.0 Å². The van der Waals surface area contributed by atoms with Crippen molar-refractivity contribution in [1.82, 2.24) is 4.98 Å². The summed E-state index contributed by atoms with van der Waals surface area (Å²) in [6.07, 6.45) is 8.42. The van der Waals surface area contributed by atoms with Crippen molar-refractivity contribution in [3.63, 3.8) is 0 Å². The van der Waals surface area contributed by atoms with Crippen molar-refractivity contribution in [3.05, 3.63) is 90.7 Å². The number of fused-ring (bicyclic) bond motifs is 1. The summed E-state index contributed by atoms with van der Waals surface area (Å²) in [6, 6.07) is 11.8. The van der Waals surface area contributed by atoms with E-state index in [0.29, 0.717) is 39.3 Å². The van der Waals surface area contributed by atoms with Crippen LogP contribution >= 0.6 is 0 Å². The van der Waals surface area contributed by atoms with Gasteiger partial charge in [-0.05, 0) is 31.2 Å². The first-order chi connectivity index (χ1) is 14.1. The van der Waals surface area contributed by atoms with Gasteiger partial charge in [-0.25, -0.2) is 0 Å². The van der Waals surface area contributed by atoms with Crippen LogP contribution in [-0.2, 0) is 0 Å². The first-order valence-corrected chi connectivity index (χ1v) is 9.01.